The lowest BCUT2D eigenvalue weighted by Gasteiger charge is -2.27. The summed E-state index contributed by atoms with van der Waals surface area (Å²) in [6.45, 7) is 1.04. The summed E-state index contributed by atoms with van der Waals surface area (Å²) < 4.78 is 0. The molecule has 3 rings (SSSR count). The number of aromatic nitrogens is 2. The van der Waals surface area contributed by atoms with E-state index >= 15 is 0 Å². The summed E-state index contributed by atoms with van der Waals surface area (Å²) in [7, 11) is 0. The number of hydrogen-bond donors (Lipinski definition) is 2. The average molecular weight is 352 g/mol. The van der Waals surface area contributed by atoms with Gasteiger partial charge in [-0.2, -0.15) is 0 Å². The highest BCUT2D eigenvalue weighted by Crippen LogP contribution is 2.29. The van der Waals surface area contributed by atoms with Crippen LogP contribution in [0.2, 0.25) is 0 Å². The molecule has 2 amide bonds. The number of rotatable bonds is 6. The number of nitrogens with zero attached hydrogens (tertiary/aromatic N) is 2. The fourth-order valence-corrected chi connectivity index (χ4v) is 3.29. The quantitative estimate of drug-likeness (QED) is 0.835. The summed E-state index contributed by atoms with van der Waals surface area (Å²) in [5.74, 6) is 0.164. The monoisotopic (exact) mass is 352 g/mol. The fourth-order valence-electron chi connectivity index (χ4n) is 3.29. The third-order valence-electron chi connectivity index (χ3n) is 4.90. The molecule has 0 aromatic carbocycles. The van der Waals surface area contributed by atoms with Crippen molar-refractivity contribution in [2.24, 2.45) is 11.8 Å². The summed E-state index contributed by atoms with van der Waals surface area (Å²) in [5, 5.41) is 5.97. The Bertz CT molecular complexity index is 650. The van der Waals surface area contributed by atoms with E-state index < -0.39 is 0 Å². The zero-order valence-electron chi connectivity index (χ0n) is 14.7. The van der Waals surface area contributed by atoms with E-state index in [1.807, 2.05) is 24.3 Å². The third kappa shape index (κ3) is 5.12. The standard InChI is InChI=1S/C20H24N4O2/c25-19(23-13-15-5-9-21-10-6-15)17-1-2-18(4-3-17)20(26)24-14-16-7-11-22-12-8-16/h5-12,17-18H,1-4,13-14H2,(H,23,25)(H,24,26). The Balaban J connectivity index is 1.39. The molecule has 1 fully saturated rings. The minimum Gasteiger partial charge on any atom is -0.352 e. The minimum absolute atomic E-state index is 0.00100. The van der Waals surface area contributed by atoms with Crippen molar-refractivity contribution in [3.63, 3.8) is 0 Å². The number of nitrogens with one attached hydrogen (secondary N) is 2. The van der Waals surface area contributed by atoms with Crippen molar-refractivity contribution in [1.82, 2.24) is 20.6 Å². The van der Waals surface area contributed by atoms with Crippen LogP contribution in [-0.4, -0.2) is 21.8 Å². The van der Waals surface area contributed by atoms with E-state index in [1.165, 1.54) is 0 Å². The van der Waals surface area contributed by atoms with Crippen LogP contribution in [-0.2, 0) is 22.7 Å². The maximum absolute atomic E-state index is 12.3. The smallest absolute Gasteiger partial charge is 0.223 e. The lowest BCUT2D eigenvalue weighted by Crippen LogP contribution is -2.37. The fraction of sp³-hybridized carbons (Fsp3) is 0.400. The second-order valence-corrected chi connectivity index (χ2v) is 6.70. The van der Waals surface area contributed by atoms with Gasteiger partial charge in [0.1, 0.15) is 0 Å². The van der Waals surface area contributed by atoms with Crippen LogP contribution in [0.5, 0.6) is 0 Å². The first-order valence-electron chi connectivity index (χ1n) is 9.05. The lowest BCUT2D eigenvalue weighted by atomic mass is 9.81. The van der Waals surface area contributed by atoms with E-state index in [-0.39, 0.29) is 23.7 Å². The average Bonchev–Trinajstić information content (AvgIpc) is 2.72. The summed E-state index contributed by atoms with van der Waals surface area (Å²) in [6, 6.07) is 7.57. The maximum Gasteiger partial charge on any atom is 0.223 e. The van der Waals surface area contributed by atoms with Gasteiger partial charge in [-0.25, -0.2) is 0 Å². The molecule has 2 aromatic heterocycles. The Morgan fingerprint density at radius 1 is 0.731 bits per heavy atom. The Hall–Kier alpha value is -2.76. The predicted molar refractivity (Wildman–Crippen MR) is 97.6 cm³/mol. The lowest BCUT2D eigenvalue weighted by molar-refractivity contribution is -0.130. The van der Waals surface area contributed by atoms with Crippen LogP contribution in [0.25, 0.3) is 0 Å². The molecule has 0 spiro atoms. The van der Waals surface area contributed by atoms with Crippen molar-refractivity contribution >= 4 is 11.8 Å². The SMILES string of the molecule is O=C(NCc1ccncc1)C1CCC(C(=O)NCc2ccncc2)CC1. The number of carbonyl (C=O) groups excluding carboxylic acids is 2. The van der Waals surface area contributed by atoms with Gasteiger partial charge in [0.2, 0.25) is 11.8 Å². The van der Waals surface area contributed by atoms with Gasteiger partial charge in [-0.05, 0) is 61.1 Å². The molecule has 0 saturated heterocycles. The van der Waals surface area contributed by atoms with Crippen molar-refractivity contribution in [3.05, 3.63) is 60.2 Å². The molecule has 26 heavy (non-hydrogen) atoms. The number of amides is 2. The highest BCUT2D eigenvalue weighted by Gasteiger charge is 2.29. The van der Waals surface area contributed by atoms with Gasteiger partial charge in [-0.3, -0.25) is 19.6 Å². The van der Waals surface area contributed by atoms with Crippen molar-refractivity contribution in [1.29, 1.82) is 0 Å². The first-order chi connectivity index (χ1) is 12.7. The van der Waals surface area contributed by atoms with Crippen LogP contribution in [0.4, 0.5) is 0 Å². The van der Waals surface area contributed by atoms with Crippen LogP contribution < -0.4 is 10.6 Å². The summed E-state index contributed by atoms with van der Waals surface area (Å²) >= 11 is 0. The first kappa shape index (κ1) is 18.0. The summed E-state index contributed by atoms with van der Waals surface area (Å²) in [6.07, 6.45) is 9.92. The van der Waals surface area contributed by atoms with Crippen LogP contribution in [0, 0.1) is 11.8 Å². The van der Waals surface area contributed by atoms with Crippen molar-refractivity contribution < 1.29 is 9.59 Å². The van der Waals surface area contributed by atoms with Crippen molar-refractivity contribution in [2.45, 2.75) is 38.8 Å². The van der Waals surface area contributed by atoms with E-state index in [1.54, 1.807) is 24.8 Å². The predicted octanol–water partition coefficient (Wildman–Crippen LogP) is 2.22. The van der Waals surface area contributed by atoms with E-state index in [4.69, 9.17) is 0 Å². The molecule has 1 saturated carbocycles. The van der Waals surface area contributed by atoms with Gasteiger partial charge in [0.05, 0.1) is 0 Å². The van der Waals surface area contributed by atoms with E-state index in [9.17, 15) is 9.59 Å². The highest BCUT2D eigenvalue weighted by atomic mass is 16.2. The van der Waals surface area contributed by atoms with E-state index in [0.29, 0.717) is 13.1 Å². The Morgan fingerprint density at radius 2 is 1.08 bits per heavy atom. The van der Waals surface area contributed by atoms with Gasteiger partial charge in [0.25, 0.3) is 0 Å². The van der Waals surface area contributed by atoms with E-state index in [2.05, 4.69) is 20.6 Å². The first-order valence-corrected chi connectivity index (χ1v) is 9.05. The topological polar surface area (TPSA) is 84.0 Å². The molecule has 136 valence electrons. The largest absolute Gasteiger partial charge is 0.352 e. The molecule has 1 aliphatic carbocycles. The van der Waals surface area contributed by atoms with Gasteiger partial charge in [-0.1, -0.05) is 0 Å². The molecule has 0 aliphatic heterocycles. The Morgan fingerprint density at radius 3 is 1.42 bits per heavy atom. The van der Waals surface area contributed by atoms with Crippen LogP contribution in [0.1, 0.15) is 36.8 Å². The molecule has 2 heterocycles. The number of pyridine rings is 2. The molecule has 6 heteroatoms. The molecule has 6 nitrogen and oxygen atoms in total. The second kappa shape index (κ2) is 9.08. The molecule has 0 atom stereocenters. The minimum atomic E-state index is 0.00100. The van der Waals surface area contributed by atoms with Gasteiger partial charge in [-0.15, -0.1) is 0 Å². The van der Waals surface area contributed by atoms with Gasteiger partial charge < -0.3 is 10.6 Å². The highest BCUT2D eigenvalue weighted by molar-refractivity contribution is 5.81. The van der Waals surface area contributed by atoms with Gasteiger partial charge in [0.15, 0.2) is 0 Å². The zero-order valence-corrected chi connectivity index (χ0v) is 14.7. The van der Waals surface area contributed by atoms with Gasteiger partial charge >= 0.3 is 0 Å². The van der Waals surface area contributed by atoms with E-state index in [0.717, 1.165) is 36.8 Å². The molecular formula is C20H24N4O2. The van der Waals surface area contributed by atoms with Gasteiger partial charge in [0, 0.05) is 49.7 Å². The second-order valence-electron chi connectivity index (χ2n) is 6.70. The maximum atomic E-state index is 12.3. The van der Waals surface area contributed by atoms with Crippen molar-refractivity contribution in [2.75, 3.05) is 0 Å². The van der Waals surface area contributed by atoms with Crippen molar-refractivity contribution in [3.8, 4) is 0 Å². The molecule has 0 bridgehead atoms. The molecule has 2 N–H and O–H groups in total. The summed E-state index contributed by atoms with van der Waals surface area (Å²) in [4.78, 5) is 32.6. The normalized spacial score (nSPS) is 19.5. The molecule has 2 aromatic rings. The number of hydrogen-bond acceptors (Lipinski definition) is 4. The summed E-state index contributed by atoms with van der Waals surface area (Å²) in [5.41, 5.74) is 2.08. The number of carbonyl (C=O) groups is 2. The molecule has 0 radical (unpaired) electrons. The molecule has 1 aliphatic rings. The third-order valence-corrected chi connectivity index (χ3v) is 4.90. The molecular weight excluding hydrogens is 328 g/mol. The van der Waals surface area contributed by atoms with Crippen LogP contribution in [0.15, 0.2) is 49.1 Å². The van der Waals surface area contributed by atoms with Crippen LogP contribution in [0.3, 0.4) is 0 Å². The Labute approximate surface area is 153 Å². The zero-order chi connectivity index (χ0) is 18.2. The van der Waals surface area contributed by atoms with Crippen LogP contribution >= 0.6 is 0 Å². The Kier molecular flexibility index (Phi) is 6.30. The molecule has 0 unspecified atom stereocenters.